The quantitative estimate of drug-likeness (QED) is 0.717. The number of halogens is 1. The van der Waals surface area contributed by atoms with Gasteiger partial charge in [0.1, 0.15) is 11.0 Å². The maximum Gasteiger partial charge on any atom is 0.138 e. The lowest BCUT2D eigenvalue weighted by molar-refractivity contribution is 0.437. The van der Waals surface area contributed by atoms with E-state index >= 15 is 0 Å². The lowest BCUT2D eigenvalue weighted by Crippen LogP contribution is -2.33. The van der Waals surface area contributed by atoms with Gasteiger partial charge in [-0.1, -0.05) is 42.8 Å². The predicted molar refractivity (Wildman–Crippen MR) is 77.4 cm³/mol. The van der Waals surface area contributed by atoms with Crippen LogP contribution >= 0.6 is 11.6 Å². The molecule has 0 aliphatic carbocycles. The van der Waals surface area contributed by atoms with E-state index in [-0.39, 0.29) is 0 Å². The molecular weight excluding hydrogens is 244 g/mol. The van der Waals surface area contributed by atoms with Crippen LogP contribution in [0.4, 0.5) is 5.82 Å². The molecule has 1 aliphatic rings. The summed E-state index contributed by atoms with van der Waals surface area (Å²) in [7, 11) is 0. The number of nitrogens with zero attached hydrogens (tertiary/aromatic N) is 2. The zero-order valence-corrected chi connectivity index (χ0v) is 11.3. The molecule has 1 fully saturated rings. The van der Waals surface area contributed by atoms with Gasteiger partial charge in [-0.25, -0.2) is 4.98 Å². The van der Waals surface area contributed by atoms with Gasteiger partial charge in [0.2, 0.25) is 0 Å². The summed E-state index contributed by atoms with van der Waals surface area (Å²) >= 11 is 6.13. The number of rotatable bonds is 1. The van der Waals surface area contributed by atoms with Crippen molar-refractivity contribution in [3.8, 4) is 0 Å². The Kier molecular flexibility index (Phi) is 3.13. The van der Waals surface area contributed by atoms with Crippen molar-refractivity contribution in [2.75, 3.05) is 18.0 Å². The topological polar surface area (TPSA) is 16.1 Å². The van der Waals surface area contributed by atoms with E-state index in [1.165, 1.54) is 23.6 Å². The highest BCUT2D eigenvalue weighted by Crippen LogP contribution is 2.30. The highest BCUT2D eigenvalue weighted by Gasteiger charge is 2.19. The first-order valence-electron chi connectivity index (χ1n) is 6.54. The molecule has 0 amide bonds. The van der Waals surface area contributed by atoms with Crippen LogP contribution in [0, 0.1) is 5.92 Å². The molecule has 2 aromatic rings. The molecule has 1 aliphatic heterocycles. The van der Waals surface area contributed by atoms with Gasteiger partial charge in [-0.2, -0.15) is 0 Å². The SMILES string of the molecule is CC1CCN(c2nc(Cl)cc3ccccc23)CC1. The molecule has 18 heavy (non-hydrogen) atoms. The number of piperidine rings is 1. The van der Waals surface area contributed by atoms with Crippen LogP contribution in [0.3, 0.4) is 0 Å². The largest absolute Gasteiger partial charge is 0.356 e. The molecule has 0 bridgehead atoms. The highest BCUT2D eigenvalue weighted by molar-refractivity contribution is 6.30. The zero-order chi connectivity index (χ0) is 12.5. The van der Waals surface area contributed by atoms with Crippen molar-refractivity contribution in [1.82, 2.24) is 4.98 Å². The molecule has 1 aromatic heterocycles. The number of fused-ring (bicyclic) bond motifs is 1. The molecule has 3 rings (SSSR count). The third kappa shape index (κ3) is 2.17. The van der Waals surface area contributed by atoms with E-state index in [0.29, 0.717) is 5.15 Å². The van der Waals surface area contributed by atoms with E-state index in [0.717, 1.165) is 24.8 Å². The van der Waals surface area contributed by atoms with Crippen LogP contribution in [0.2, 0.25) is 5.15 Å². The third-order valence-corrected chi connectivity index (χ3v) is 3.97. The first kappa shape index (κ1) is 11.8. The lowest BCUT2D eigenvalue weighted by Gasteiger charge is -2.32. The summed E-state index contributed by atoms with van der Waals surface area (Å²) in [6, 6.07) is 10.3. The van der Waals surface area contributed by atoms with Crippen LogP contribution in [0.15, 0.2) is 30.3 Å². The number of aromatic nitrogens is 1. The maximum atomic E-state index is 6.13. The third-order valence-electron chi connectivity index (χ3n) is 3.77. The fraction of sp³-hybridized carbons (Fsp3) is 0.400. The summed E-state index contributed by atoms with van der Waals surface area (Å²) in [6.07, 6.45) is 2.48. The van der Waals surface area contributed by atoms with Gasteiger partial charge in [0.15, 0.2) is 0 Å². The second-order valence-electron chi connectivity index (χ2n) is 5.16. The van der Waals surface area contributed by atoms with E-state index in [9.17, 15) is 0 Å². The summed E-state index contributed by atoms with van der Waals surface area (Å²) in [5.41, 5.74) is 0. The summed E-state index contributed by atoms with van der Waals surface area (Å²) < 4.78 is 0. The Morgan fingerprint density at radius 3 is 2.72 bits per heavy atom. The second-order valence-corrected chi connectivity index (χ2v) is 5.55. The minimum atomic E-state index is 0.585. The molecule has 0 unspecified atom stereocenters. The Morgan fingerprint density at radius 1 is 1.22 bits per heavy atom. The summed E-state index contributed by atoms with van der Waals surface area (Å²) in [4.78, 5) is 6.91. The van der Waals surface area contributed by atoms with Crippen molar-refractivity contribution in [3.05, 3.63) is 35.5 Å². The molecule has 2 heterocycles. The minimum Gasteiger partial charge on any atom is -0.356 e. The second kappa shape index (κ2) is 4.77. The molecule has 1 aromatic carbocycles. The van der Waals surface area contributed by atoms with Crippen LogP contribution in [0.1, 0.15) is 19.8 Å². The van der Waals surface area contributed by atoms with Gasteiger partial charge >= 0.3 is 0 Å². The van der Waals surface area contributed by atoms with Crippen molar-refractivity contribution in [3.63, 3.8) is 0 Å². The molecular formula is C15H17ClN2. The summed E-state index contributed by atoms with van der Waals surface area (Å²) in [5.74, 6) is 1.87. The van der Waals surface area contributed by atoms with Crippen LogP contribution < -0.4 is 4.90 Å². The van der Waals surface area contributed by atoms with Gasteiger partial charge in [-0.05, 0) is 30.2 Å². The molecule has 0 radical (unpaired) electrons. The Hall–Kier alpha value is -1.28. The van der Waals surface area contributed by atoms with Gasteiger partial charge in [-0.3, -0.25) is 0 Å². The average molecular weight is 261 g/mol. The minimum absolute atomic E-state index is 0.585. The lowest BCUT2D eigenvalue weighted by atomic mass is 9.99. The number of hydrogen-bond donors (Lipinski definition) is 0. The molecule has 0 saturated carbocycles. The van der Waals surface area contributed by atoms with Crippen LogP contribution in [0.25, 0.3) is 10.8 Å². The van der Waals surface area contributed by atoms with Gasteiger partial charge in [0.05, 0.1) is 0 Å². The molecule has 3 heteroatoms. The molecule has 2 nitrogen and oxygen atoms in total. The molecule has 0 spiro atoms. The zero-order valence-electron chi connectivity index (χ0n) is 10.6. The van der Waals surface area contributed by atoms with Crippen molar-refractivity contribution >= 4 is 28.2 Å². The normalized spacial score (nSPS) is 17.3. The Morgan fingerprint density at radius 2 is 1.94 bits per heavy atom. The fourth-order valence-electron chi connectivity index (χ4n) is 2.61. The van der Waals surface area contributed by atoms with Crippen molar-refractivity contribution in [2.24, 2.45) is 5.92 Å². The van der Waals surface area contributed by atoms with E-state index in [2.05, 4.69) is 35.0 Å². The van der Waals surface area contributed by atoms with Crippen molar-refractivity contribution in [1.29, 1.82) is 0 Å². The number of anilines is 1. The number of hydrogen-bond acceptors (Lipinski definition) is 2. The Labute approximate surface area is 113 Å². The molecule has 1 saturated heterocycles. The van der Waals surface area contributed by atoms with Gasteiger partial charge in [0.25, 0.3) is 0 Å². The molecule has 0 atom stereocenters. The van der Waals surface area contributed by atoms with E-state index in [1.807, 2.05) is 12.1 Å². The first-order chi connectivity index (χ1) is 8.74. The number of benzene rings is 1. The van der Waals surface area contributed by atoms with E-state index in [4.69, 9.17) is 11.6 Å². The molecule has 94 valence electrons. The van der Waals surface area contributed by atoms with E-state index in [1.54, 1.807) is 0 Å². The van der Waals surface area contributed by atoms with Crippen LogP contribution in [-0.2, 0) is 0 Å². The summed E-state index contributed by atoms with van der Waals surface area (Å²) in [5, 5.41) is 2.96. The van der Waals surface area contributed by atoms with E-state index < -0.39 is 0 Å². The standard InChI is InChI=1S/C15H17ClN2/c1-11-6-8-18(9-7-11)15-13-5-3-2-4-12(13)10-14(16)17-15/h2-5,10-11H,6-9H2,1H3. The predicted octanol–water partition coefficient (Wildman–Crippen LogP) is 4.12. The van der Waals surface area contributed by atoms with Crippen molar-refractivity contribution in [2.45, 2.75) is 19.8 Å². The monoisotopic (exact) mass is 260 g/mol. The van der Waals surface area contributed by atoms with Crippen LogP contribution in [0.5, 0.6) is 0 Å². The molecule has 0 N–H and O–H groups in total. The van der Waals surface area contributed by atoms with Gasteiger partial charge < -0.3 is 4.90 Å². The Balaban J connectivity index is 2.05. The van der Waals surface area contributed by atoms with Crippen LogP contribution in [-0.4, -0.2) is 18.1 Å². The highest BCUT2D eigenvalue weighted by atomic mass is 35.5. The first-order valence-corrected chi connectivity index (χ1v) is 6.92. The maximum absolute atomic E-state index is 6.13. The summed E-state index contributed by atoms with van der Waals surface area (Å²) in [6.45, 7) is 4.48. The van der Waals surface area contributed by atoms with Gasteiger partial charge in [-0.15, -0.1) is 0 Å². The fourth-order valence-corrected chi connectivity index (χ4v) is 2.81. The number of pyridine rings is 1. The van der Waals surface area contributed by atoms with Gasteiger partial charge in [0, 0.05) is 18.5 Å². The Bertz CT molecular complexity index is 559. The average Bonchev–Trinajstić information content (AvgIpc) is 2.38. The van der Waals surface area contributed by atoms with Crippen molar-refractivity contribution < 1.29 is 0 Å². The smallest absolute Gasteiger partial charge is 0.138 e.